The third kappa shape index (κ3) is 4.72. The third-order valence-electron chi connectivity index (χ3n) is 2.17. The molecule has 0 fully saturated rings. The molecule has 0 radical (unpaired) electrons. The molecule has 100 valence electrons. The first kappa shape index (κ1) is 15.1. The van der Waals surface area contributed by atoms with Crippen molar-refractivity contribution in [3.05, 3.63) is 22.2 Å². The van der Waals surface area contributed by atoms with Crippen molar-refractivity contribution >= 4 is 40.5 Å². The van der Waals surface area contributed by atoms with Crippen LogP contribution in [-0.2, 0) is 9.53 Å². The van der Waals surface area contributed by atoms with Gasteiger partial charge in [-0.1, -0.05) is 30.1 Å². The highest BCUT2D eigenvalue weighted by Crippen LogP contribution is 2.31. The highest BCUT2D eigenvalue weighted by Gasteiger charge is 2.10. The summed E-state index contributed by atoms with van der Waals surface area (Å²) in [5.74, 6) is -0.193. The number of halogens is 2. The van der Waals surface area contributed by atoms with Crippen molar-refractivity contribution in [1.82, 2.24) is 0 Å². The molecule has 0 aliphatic carbocycles. The number of carbonyl (C=O) groups excluding carboxylic acids is 1. The van der Waals surface area contributed by atoms with Crippen LogP contribution in [0.15, 0.2) is 12.1 Å². The van der Waals surface area contributed by atoms with Crippen LogP contribution in [0.4, 0.5) is 11.4 Å². The minimum atomic E-state index is -0.193. The molecule has 1 aromatic rings. The fraction of sp³-hybridized carbons (Fsp3) is 0.417. The summed E-state index contributed by atoms with van der Waals surface area (Å²) in [4.78, 5) is 11.6. The molecular weight excluding hydrogens is 275 g/mol. The highest BCUT2D eigenvalue weighted by atomic mass is 35.5. The Hall–Kier alpha value is -0.970. The van der Waals surface area contributed by atoms with Gasteiger partial charge in [0.15, 0.2) is 0 Å². The first-order valence-electron chi connectivity index (χ1n) is 5.66. The maximum absolute atomic E-state index is 11.6. The Morgan fingerprint density at radius 1 is 1.39 bits per heavy atom. The number of rotatable bonds is 6. The van der Waals surface area contributed by atoms with Crippen LogP contribution in [0.1, 0.15) is 19.8 Å². The summed E-state index contributed by atoms with van der Waals surface area (Å²) in [6, 6.07) is 3.07. The third-order valence-corrected chi connectivity index (χ3v) is 2.69. The van der Waals surface area contributed by atoms with Crippen LogP contribution in [-0.4, -0.2) is 19.1 Å². The van der Waals surface area contributed by atoms with Gasteiger partial charge in [-0.3, -0.25) is 4.79 Å². The van der Waals surface area contributed by atoms with Gasteiger partial charge in [0.25, 0.3) is 0 Å². The van der Waals surface area contributed by atoms with Crippen LogP contribution in [0.3, 0.4) is 0 Å². The van der Waals surface area contributed by atoms with Crippen LogP contribution in [0.5, 0.6) is 0 Å². The number of carbonyl (C=O) groups is 1. The Balaban J connectivity index is 2.54. The summed E-state index contributed by atoms with van der Waals surface area (Å²) in [6.45, 7) is 3.04. The van der Waals surface area contributed by atoms with E-state index >= 15 is 0 Å². The smallest absolute Gasteiger partial charge is 0.226 e. The number of ether oxygens (including phenoxy) is 1. The minimum Gasteiger partial charge on any atom is -0.397 e. The van der Waals surface area contributed by atoms with Crippen LogP contribution < -0.4 is 11.1 Å². The second kappa shape index (κ2) is 7.46. The Labute approximate surface area is 116 Å². The van der Waals surface area contributed by atoms with E-state index in [9.17, 15) is 4.79 Å². The van der Waals surface area contributed by atoms with Crippen molar-refractivity contribution in [3.63, 3.8) is 0 Å². The van der Waals surface area contributed by atoms with Crippen molar-refractivity contribution in [2.75, 3.05) is 24.3 Å². The number of nitrogen functional groups attached to an aromatic ring is 1. The molecule has 0 saturated heterocycles. The quantitative estimate of drug-likeness (QED) is 0.624. The van der Waals surface area contributed by atoms with Gasteiger partial charge in [0, 0.05) is 11.6 Å². The van der Waals surface area contributed by atoms with Gasteiger partial charge in [-0.25, -0.2) is 0 Å². The second-order valence-corrected chi connectivity index (χ2v) is 4.61. The molecule has 0 unspecified atom stereocenters. The summed E-state index contributed by atoms with van der Waals surface area (Å²) < 4.78 is 5.22. The fourth-order valence-electron chi connectivity index (χ4n) is 1.34. The van der Waals surface area contributed by atoms with Crippen LogP contribution in [0.25, 0.3) is 0 Å². The summed E-state index contributed by atoms with van der Waals surface area (Å²) in [5.41, 5.74) is 6.47. The second-order valence-electron chi connectivity index (χ2n) is 3.76. The van der Waals surface area contributed by atoms with Crippen molar-refractivity contribution in [2.45, 2.75) is 19.8 Å². The average molecular weight is 291 g/mol. The van der Waals surface area contributed by atoms with Crippen molar-refractivity contribution in [1.29, 1.82) is 0 Å². The standard InChI is InChI=1S/C12H16Cl2N2O2/c1-2-4-18-5-3-11(17)16-12-9(14)6-8(13)7-10(12)15/h6-7H,2-5,15H2,1H3,(H,16,17). The van der Waals surface area contributed by atoms with Gasteiger partial charge in [0.1, 0.15) is 0 Å². The van der Waals surface area contributed by atoms with E-state index in [4.69, 9.17) is 33.7 Å². The topological polar surface area (TPSA) is 64.3 Å². The lowest BCUT2D eigenvalue weighted by atomic mass is 10.2. The SMILES string of the molecule is CCCOCCC(=O)Nc1c(N)cc(Cl)cc1Cl. The van der Waals surface area contributed by atoms with E-state index in [1.165, 1.54) is 12.1 Å². The number of anilines is 2. The van der Waals surface area contributed by atoms with E-state index in [1.807, 2.05) is 6.92 Å². The number of amides is 1. The minimum absolute atomic E-state index is 0.193. The van der Waals surface area contributed by atoms with Crippen LogP contribution in [0, 0.1) is 0 Å². The monoisotopic (exact) mass is 290 g/mol. The van der Waals surface area contributed by atoms with Gasteiger partial charge in [-0.05, 0) is 18.6 Å². The number of nitrogens with one attached hydrogen (secondary N) is 1. The van der Waals surface area contributed by atoms with E-state index < -0.39 is 0 Å². The molecule has 0 heterocycles. The van der Waals surface area contributed by atoms with Gasteiger partial charge in [-0.2, -0.15) is 0 Å². The normalized spacial score (nSPS) is 10.4. The predicted octanol–water partition coefficient (Wildman–Crippen LogP) is 3.33. The molecule has 0 bridgehead atoms. The van der Waals surface area contributed by atoms with Crippen molar-refractivity contribution in [2.24, 2.45) is 0 Å². The first-order chi connectivity index (χ1) is 8.54. The van der Waals surface area contributed by atoms with E-state index in [1.54, 1.807) is 0 Å². The lowest BCUT2D eigenvalue weighted by Crippen LogP contribution is -2.15. The zero-order valence-electron chi connectivity index (χ0n) is 10.1. The van der Waals surface area contributed by atoms with E-state index in [0.717, 1.165) is 6.42 Å². The Morgan fingerprint density at radius 3 is 2.72 bits per heavy atom. The Morgan fingerprint density at radius 2 is 2.11 bits per heavy atom. The molecular formula is C12H16Cl2N2O2. The van der Waals surface area contributed by atoms with E-state index in [-0.39, 0.29) is 12.3 Å². The van der Waals surface area contributed by atoms with E-state index in [2.05, 4.69) is 5.32 Å². The van der Waals surface area contributed by atoms with Crippen molar-refractivity contribution < 1.29 is 9.53 Å². The molecule has 6 heteroatoms. The molecule has 0 saturated carbocycles. The molecule has 3 N–H and O–H groups in total. The molecule has 1 aromatic carbocycles. The average Bonchev–Trinajstić information content (AvgIpc) is 2.29. The zero-order valence-corrected chi connectivity index (χ0v) is 11.6. The maximum Gasteiger partial charge on any atom is 0.226 e. The molecule has 18 heavy (non-hydrogen) atoms. The Bertz CT molecular complexity index is 402. The summed E-state index contributed by atoms with van der Waals surface area (Å²) >= 11 is 11.7. The molecule has 0 aromatic heterocycles. The van der Waals surface area contributed by atoms with Crippen molar-refractivity contribution in [3.8, 4) is 0 Å². The molecule has 1 amide bonds. The number of hydrogen-bond acceptors (Lipinski definition) is 3. The number of benzene rings is 1. The molecule has 4 nitrogen and oxygen atoms in total. The summed E-state index contributed by atoms with van der Waals surface area (Å²) in [5, 5.41) is 3.40. The lowest BCUT2D eigenvalue weighted by molar-refractivity contribution is -0.117. The maximum atomic E-state index is 11.6. The molecule has 0 spiro atoms. The van der Waals surface area contributed by atoms with Gasteiger partial charge >= 0.3 is 0 Å². The zero-order chi connectivity index (χ0) is 13.5. The highest BCUT2D eigenvalue weighted by molar-refractivity contribution is 6.37. The van der Waals surface area contributed by atoms with E-state index in [0.29, 0.717) is 34.6 Å². The summed E-state index contributed by atoms with van der Waals surface area (Å²) in [6.07, 6.45) is 1.19. The summed E-state index contributed by atoms with van der Waals surface area (Å²) in [7, 11) is 0. The predicted molar refractivity (Wildman–Crippen MR) is 75.2 cm³/mol. The Kier molecular flexibility index (Phi) is 6.25. The molecule has 0 aliphatic heterocycles. The number of hydrogen-bond donors (Lipinski definition) is 2. The molecule has 1 rings (SSSR count). The molecule has 0 aliphatic rings. The van der Waals surface area contributed by atoms with Crippen LogP contribution in [0.2, 0.25) is 10.0 Å². The lowest BCUT2D eigenvalue weighted by Gasteiger charge is -2.10. The van der Waals surface area contributed by atoms with Gasteiger partial charge in [0.05, 0.1) is 29.4 Å². The van der Waals surface area contributed by atoms with Crippen LogP contribution >= 0.6 is 23.2 Å². The van der Waals surface area contributed by atoms with Gasteiger partial charge in [0.2, 0.25) is 5.91 Å². The number of nitrogens with two attached hydrogens (primary N) is 1. The first-order valence-corrected chi connectivity index (χ1v) is 6.42. The molecule has 0 atom stereocenters. The van der Waals surface area contributed by atoms with Gasteiger partial charge < -0.3 is 15.8 Å². The fourth-order valence-corrected chi connectivity index (χ4v) is 1.89. The van der Waals surface area contributed by atoms with Gasteiger partial charge in [-0.15, -0.1) is 0 Å². The largest absolute Gasteiger partial charge is 0.397 e.